The molecule has 0 aromatic heterocycles. The van der Waals surface area contributed by atoms with E-state index in [9.17, 15) is 9.59 Å². The fraction of sp³-hybridized carbons (Fsp3) is 0.636. The van der Waals surface area contributed by atoms with Gasteiger partial charge in [-0.3, -0.25) is 14.9 Å². The first-order valence-corrected chi connectivity index (χ1v) is 5.17. The summed E-state index contributed by atoms with van der Waals surface area (Å²) in [6.07, 6.45) is 1.74. The molecule has 2 fully saturated rings. The smallest absolute Gasteiger partial charge is 0.254 e. The van der Waals surface area contributed by atoms with Gasteiger partial charge in [0, 0.05) is 5.57 Å². The number of rotatable bonds is 0. The lowest BCUT2D eigenvalue weighted by atomic mass is 9.89. The van der Waals surface area contributed by atoms with E-state index in [-0.39, 0.29) is 23.8 Å². The largest absolute Gasteiger partial charge is 0.375 e. The van der Waals surface area contributed by atoms with Crippen LogP contribution < -0.4 is 5.32 Å². The highest BCUT2D eigenvalue weighted by molar-refractivity contribution is 6.13. The Kier molecular flexibility index (Phi) is 2.38. The van der Waals surface area contributed by atoms with Gasteiger partial charge in [0.25, 0.3) is 5.91 Å². The van der Waals surface area contributed by atoms with Gasteiger partial charge in [-0.05, 0) is 26.7 Å². The molecule has 0 spiro atoms. The lowest BCUT2D eigenvalue weighted by molar-refractivity contribution is -0.124. The zero-order valence-electron chi connectivity index (χ0n) is 9.05. The van der Waals surface area contributed by atoms with Crippen molar-refractivity contribution in [2.24, 2.45) is 0 Å². The molecule has 2 amide bonds. The van der Waals surface area contributed by atoms with E-state index in [4.69, 9.17) is 4.74 Å². The minimum absolute atomic E-state index is 0.188. The molecule has 2 aliphatic heterocycles. The summed E-state index contributed by atoms with van der Waals surface area (Å²) in [5, 5.41) is 2.31. The van der Waals surface area contributed by atoms with Crippen molar-refractivity contribution >= 4 is 11.8 Å². The first kappa shape index (κ1) is 10.4. The van der Waals surface area contributed by atoms with Gasteiger partial charge in [0.1, 0.15) is 0 Å². The van der Waals surface area contributed by atoms with Crippen LogP contribution in [-0.2, 0) is 14.3 Å². The van der Waals surface area contributed by atoms with Crippen molar-refractivity contribution in [2.75, 3.05) is 6.61 Å². The molecule has 0 bridgehead atoms. The average Bonchev–Trinajstić information content (AvgIpc) is 2.43. The topological polar surface area (TPSA) is 55.4 Å². The summed E-state index contributed by atoms with van der Waals surface area (Å²) in [5.41, 5.74) is 1.53. The van der Waals surface area contributed by atoms with Gasteiger partial charge in [-0.1, -0.05) is 5.57 Å². The van der Waals surface area contributed by atoms with Crippen molar-refractivity contribution in [3.05, 3.63) is 11.1 Å². The number of nitrogens with one attached hydrogen (secondary N) is 1. The monoisotopic (exact) mass is 209 g/mol. The van der Waals surface area contributed by atoms with Gasteiger partial charge in [-0.2, -0.15) is 0 Å². The summed E-state index contributed by atoms with van der Waals surface area (Å²) >= 11 is 0. The van der Waals surface area contributed by atoms with Crippen molar-refractivity contribution in [1.29, 1.82) is 0 Å². The first-order valence-electron chi connectivity index (χ1n) is 5.17. The second-order valence-electron chi connectivity index (χ2n) is 4.67. The number of carbonyl (C=O) groups excluding carboxylic acids is 2. The van der Waals surface area contributed by atoms with Gasteiger partial charge in [-0.25, -0.2) is 0 Å². The molecular weight excluding hydrogens is 194 g/mol. The van der Waals surface area contributed by atoms with Gasteiger partial charge in [0.15, 0.2) is 0 Å². The highest BCUT2D eigenvalue weighted by atomic mass is 16.5. The Labute approximate surface area is 88.7 Å². The average molecular weight is 209 g/mol. The molecule has 0 atom stereocenters. The molecule has 0 aromatic carbocycles. The van der Waals surface area contributed by atoms with Crippen LogP contribution in [0, 0.1) is 0 Å². The van der Waals surface area contributed by atoms with E-state index in [1.165, 1.54) is 0 Å². The van der Waals surface area contributed by atoms with Crippen LogP contribution in [0.5, 0.6) is 0 Å². The first-order chi connectivity index (χ1) is 6.98. The maximum Gasteiger partial charge on any atom is 0.254 e. The second-order valence-corrected chi connectivity index (χ2v) is 4.67. The van der Waals surface area contributed by atoms with Crippen molar-refractivity contribution in [1.82, 2.24) is 5.32 Å². The number of hydrogen-bond acceptors (Lipinski definition) is 3. The predicted octanol–water partition coefficient (Wildman–Crippen LogP) is 0.918. The SMILES string of the molecule is CC1(C)CC(=C2CC(=O)NC2=O)CCO1. The molecule has 2 rings (SSSR count). The molecule has 0 aromatic rings. The highest BCUT2D eigenvalue weighted by Gasteiger charge is 2.32. The lowest BCUT2D eigenvalue weighted by Crippen LogP contribution is -2.31. The van der Waals surface area contributed by atoms with Crippen LogP contribution in [-0.4, -0.2) is 24.0 Å². The molecule has 0 radical (unpaired) electrons. The Balaban J connectivity index is 2.25. The van der Waals surface area contributed by atoms with Crippen molar-refractivity contribution in [3.63, 3.8) is 0 Å². The Morgan fingerprint density at radius 2 is 2.07 bits per heavy atom. The van der Waals surface area contributed by atoms with Crippen LogP contribution in [0.25, 0.3) is 0 Å². The third-order valence-electron chi connectivity index (χ3n) is 2.83. The molecule has 4 nitrogen and oxygen atoms in total. The van der Waals surface area contributed by atoms with Gasteiger partial charge in [0.2, 0.25) is 5.91 Å². The number of imide groups is 1. The lowest BCUT2D eigenvalue weighted by Gasteiger charge is -2.32. The van der Waals surface area contributed by atoms with E-state index in [1.54, 1.807) is 0 Å². The van der Waals surface area contributed by atoms with Gasteiger partial charge >= 0.3 is 0 Å². The molecule has 0 saturated carbocycles. The standard InChI is InChI=1S/C11H15NO3/c1-11(2)6-7(3-4-15-11)8-5-9(13)12-10(8)14/h3-6H2,1-2H3,(H,12,13,14). The molecule has 2 aliphatic rings. The molecule has 0 aliphatic carbocycles. The fourth-order valence-electron chi connectivity index (χ4n) is 2.13. The third kappa shape index (κ3) is 2.09. The van der Waals surface area contributed by atoms with Crippen LogP contribution in [0.4, 0.5) is 0 Å². The van der Waals surface area contributed by atoms with E-state index >= 15 is 0 Å². The Bertz CT molecular complexity index is 355. The van der Waals surface area contributed by atoms with E-state index in [2.05, 4.69) is 5.32 Å². The summed E-state index contributed by atoms with van der Waals surface area (Å²) in [4.78, 5) is 22.5. The minimum atomic E-state index is -0.216. The molecule has 2 saturated heterocycles. The zero-order chi connectivity index (χ0) is 11.1. The van der Waals surface area contributed by atoms with E-state index < -0.39 is 0 Å². The van der Waals surface area contributed by atoms with Crippen LogP contribution in [0.3, 0.4) is 0 Å². The quantitative estimate of drug-likeness (QED) is 0.476. The van der Waals surface area contributed by atoms with Crippen LogP contribution >= 0.6 is 0 Å². The number of carbonyl (C=O) groups is 2. The third-order valence-corrected chi connectivity index (χ3v) is 2.83. The zero-order valence-corrected chi connectivity index (χ0v) is 9.05. The number of amides is 2. The van der Waals surface area contributed by atoms with E-state index in [0.29, 0.717) is 12.2 Å². The van der Waals surface area contributed by atoms with E-state index in [0.717, 1.165) is 18.4 Å². The molecule has 1 N–H and O–H groups in total. The summed E-state index contributed by atoms with van der Waals surface area (Å²) in [5.74, 6) is -0.403. The minimum Gasteiger partial charge on any atom is -0.375 e. The summed E-state index contributed by atoms with van der Waals surface area (Å²) in [6, 6.07) is 0. The Morgan fingerprint density at radius 3 is 2.60 bits per heavy atom. The highest BCUT2D eigenvalue weighted by Crippen LogP contribution is 2.32. The summed E-state index contributed by atoms with van der Waals surface area (Å²) in [7, 11) is 0. The van der Waals surface area contributed by atoms with Crippen LogP contribution in [0.1, 0.15) is 33.1 Å². The maximum atomic E-state index is 11.5. The van der Waals surface area contributed by atoms with Gasteiger partial charge < -0.3 is 4.74 Å². The van der Waals surface area contributed by atoms with Crippen molar-refractivity contribution in [3.8, 4) is 0 Å². The Hall–Kier alpha value is -1.16. The molecule has 15 heavy (non-hydrogen) atoms. The molecule has 82 valence electrons. The summed E-state index contributed by atoms with van der Waals surface area (Å²) in [6.45, 7) is 4.64. The normalized spacial score (nSPS) is 30.5. The van der Waals surface area contributed by atoms with Gasteiger partial charge in [-0.15, -0.1) is 0 Å². The molecule has 4 heteroatoms. The van der Waals surface area contributed by atoms with Crippen molar-refractivity contribution in [2.45, 2.75) is 38.7 Å². The molecular formula is C11H15NO3. The predicted molar refractivity (Wildman–Crippen MR) is 54.1 cm³/mol. The Morgan fingerprint density at radius 1 is 1.33 bits per heavy atom. The van der Waals surface area contributed by atoms with Crippen LogP contribution in [0.2, 0.25) is 0 Å². The fourth-order valence-corrected chi connectivity index (χ4v) is 2.13. The van der Waals surface area contributed by atoms with E-state index in [1.807, 2.05) is 13.8 Å². The number of hydrogen-bond donors (Lipinski definition) is 1. The number of ether oxygens (including phenoxy) is 1. The van der Waals surface area contributed by atoms with Crippen LogP contribution in [0.15, 0.2) is 11.1 Å². The van der Waals surface area contributed by atoms with Crippen molar-refractivity contribution < 1.29 is 14.3 Å². The summed E-state index contributed by atoms with van der Waals surface area (Å²) < 4.78 is 5.57. The van der Waals surface area contributed by atoms with Gasteiger partial charge in [0.05, 0.1) is 18.6 Å². The maximum absolute atomic E-state index is 11.5. The molecule has 0 unspecified atom stereocenters. The second kappa shape index (κ2) is 3.45. The molecule has 2 heterocycles.